The van der Waals surface area contributed by atoms with Crippen LogP contribution in [-0.4, -0.2) is 37.7 Å². The van der Waals surface area contributed by atoms with Gasteiger partial charge in [0.15, 0.2) is 0 Å². The van der Waals surface area contributed by atoms with E-state index in [-0.39, 0.29) is 27.4 Å². The van der Waals surface area contributed by atoms with Crippen molar-refractivity contribution in [3.8, 4) is 0 Å². The third-order valence-corrected chi connectivity index (χ3v) is 7.13. The van der Waals surface area contributed by atoms with Gasteiger partial charge >= 0.3 is 0 Å². The maximum Gasteiger partial charge on any atom is 0.262 e. The third-order valence-electron chi connectivity index (χ3n) is 5.29. The number of benzene rings is 2. The number of hydrogen-bond acceptors (Lipinski definition) is 4. The highest BCUT2D eigenvalue weighted by Gasteiger charge is 2.31. The standard InChI is InChI=1S/C22H26ClN3O4S/c1-3-21(27)26-13-7-6-10-19(26)22(28)24-16-12-11-15(2)20(14-16)31(29,30)25-18-9-5-4-8-17(18)23/h4-5,8-9,11-12,14,19,25H,3,6-7,10,13H2,1-2H3,(H,24,28). The summed E-state index contributed by atoms with van der Waals surface area (Å²) in [4.78, 5) is 26.8. The Hall–Kier alpha value is -2.58. The lowest BCUT2D eigenvalue weighted by Crippen LogP contribution is -2.49. The Bertz CT molecular complexity index is 1090. The van der Waals surface area contributed by atoms with E-state index in [1.807, 2.05) is 0 Å². The van der Waals surface area contributed by atoms with Crippen molar-refractivity contribution in [1.82, 2.24) is 4.90 Å². The quantitative estimate of drug-likeness (QED) is 0.671. The molecule has 0 spiro atoms. The number of rotatable bonds is 6. The second kappa shape index (κ2) is 9.70. The molecule has 0 bridgehead atoms. The van der Waals surface area contributed by atoms with E-state index in [0.29, 0.717) is 30.6 Å². The van der Waals surface area contributed by atoms with Gasteiger partial charge in [-0.3, -0.25) is 14.3 Å². The van der Waals surface area contributed by atoms with Gasteiger partial charge in [0.25, 0.3) is 10.0 Å². The molecule has 2 aromatic rings. The summed E-state index contributed by atoms with van der Waals surface area (Å²) in [5, 5.41) is 3.07. The number of anilines is 2. The summed E-state index contributed by atoms with van der Waals surface area (Å²) in [6.07, 6.45) is 2.66. The minimum absolute atomic E-state index is 0.0374. The van der Waals surface area contributed by atoms with Crippen molar-refractivity contribution < 1.29 is 18.0 Å². The van der Waals surface area contributed by atoms with Gasteiger partial charge in [-0.2, -0.15) is 0 Å². The van der Waals surface area contributed by atoms with Crippen molar-refractivity contribution in [3.63, 3.8) is 0 Å². The van der Waals surface area contributed by atoms with Crippen LogP contribution < -0.4 is 10.0 Å². The number of halogens is 1. The molecule has 1 aliphatic heterocycles. The summed E-state index contributed by atoms with van der Waals surface area (Å²) in [5.74, 6) is -0.372. The minimum Gasteiger partial charge on any atom is -0.331 e. The van der Waals surface area contributed by atoms with E-state index in [9.17, 15) is 18.0 Å². The maximum absolute atomic E-state index is 13.0. The summed E-state index contributed by atoms with van der Waals surface area (Å²) in [6, 6.07) is 10.7. The number of para-hydroxylation sites is 1. The summed E-state index contributed by atoms with van der Waals surface area (Å²) in [6.45, 7) is 4.00. The number of carbonyl (C=O) groups excluding carboxylic acids is 2. The number of sulfonamides is 1. The van der Waals surface area contributed by atoms with Gasteiger partial charge in [-0.25, -0.2) is 8.42 Å². The number of carbonyl (C=O) groups is 2. The molecule has 0 saturated carbocycles. The smallest absolute Gasteiger partial charge is 0.262 e. The molecular formula is C22H26ClN3O4S. The van der Waals surface area contributed by atoms with Gasteiger partial charge in [0.2, 0.25) is 11.8 Å². The first-order valence-electron chi connectivity index (χ1n) is 10.2. The molecule has 7 nitrogen and oxygen atoms in total. The van der Waals surface area contributed by atoms with Crippen LogP contribution in [-0.2, 0) is 19.6 Å². The van der Waals surface area contributed by atoms with E-state index in [4.69, 9.17) is 11.6 Å². The van der Waals surface area contributed by atoms with Crippen molar-refractivity contribution >= 4 is 44.8 Å². The molecule has 1 unspecified atom stereocenters. The zero-order chi connectivity index (χ0) is 22.6. The van der Waals surface area contributed by atoms with Crippen LogP contribution in [0, 0.1) is 6.92 Å². The Morgan fingerprint density at radius 2 is 1.90 bits per heavy atom. The summed E-state index contributed by atoms with van der Waals surface area (Å²) >= 11 is 6.08. The third kappa shape index (κ3) is 5.37. The fraction of sp³-hybridized carbons (Fsp3) is 0.364. The number of nitrogens with one attached hydrogen (secondary N) is 2. The first-order valence-corrected chi connectivity index (χ1v) is 12.1. The Kier molecular flexibility index (Phi) is 7.23. The fourth-order valence-corrected chi connectivity index (χ4v) is 5.23. The van der Waals surface area contributed by atoms with Crippen LogP contribution in [0.3, 0.4) is 0 Å². The molecule has 2 aromatic carbocycles. The molecule has 3 rings (SSSR count). The highest BCUT2D eigenvalue weighted by atomic mass is 35.5. The average Bonchev–Trinajstić information content (AvgIpc) is 2.75. The van der Waals surface area contributed by atoms with Gasteiger partial charge in [0, 0.05) is 18.7 Å². The van der Waals surface area contributed by atoms with Gasteiger partial charge in [0.1, 0.15) is 6.04 Å². The zero-order valence-corrected chi connectivity index (χ0v) is 19.1. The molecule has 1 fully saturated rings. The Morgan fingerprint density at radius 1 is 1.16 bits per heavy atom. The van der Waals surface area contributed by atoms with E-state index >= 15 is 0 Å². The molecule has 1 heterocycles. The van der Waals surface area contributed by atoms with Crippen molar-refractivity contribution in [2.75, 3.05) is 16.6 Å². The minimum atomic E-state index is -3.93. The molecule has 2 amide bonds. The SMILES string of the molecule is CCC(=O)N1CCCCC1C(=O)Nc1ccc(C)c(S(=O)(=O)Nc2ccccc2Cl)c1. The Balaban J connectivity index is 1.83. The van der Waals surface area contributed by atoms with Crippen LogP contribution in [0.2, 0.25) is 5.02 Å². The number of amides is 2. The highest BCUT2D eigenvalue weighted by molar-refractivity contribution is 7.92. The first kappa shape index (κ1) is 23.1. The van der Waals surface area contributed by atoms with Gasteiger partial charge in [-0.05, 0) is 56.0 Å². The Morgan fingerprint density at radius 3 is 2.61 bits per heavy atom. The normalized spacial score (nSPS) is 16.6. The first-order chi connectivity index (χ1) is 14.7. The molecular weight excluding hydrogens is 438 g/mol. The van der Waals surface area contributed by atoms with Gasteiger partial charge in [0.05, 0.1) is 15.6 Å². The van der Waals surface area contributed by atoms with Crippen LogP contribution in [0.4, 0.5) is 11.4 Å². The molecule has 1 saturated heterocycles. The number of piperidine rings is 1. The van der Waals surface area contributed by atoms with E-state index in [1.165, 1.54) is 6.07 Å². The summed E-state index contributed by atoms with van der Waals surface area (Å²) in [5.41, 5.74) is 1.15. The van der Waals surface area contributed by atoms with Gasteiger partial charge < -0.3 is 10.2 Å². The molecule has 2 N–H and O–H groups in total. The van der Waals surface area contributed by atoms with E-state index in [2.05, 4.69) is 10.0 Å². The fourth-order valence-electron chi connectivity index (χ4n) is 3.64. The molecule has 0 radical (unpaired) electrons. The van der Waals surface area contributed by atoms with Crippen LogP contribution in [0.1, 0.15) is 38.2 Å². The Labute approximate surface area is 187 Å². The van der Waals surface area contributed by atoms with Gasteiger partial charge in [-0.1, -0.05) is 36.7 Å². The molecule has 0 aromatic heterocycles. The zero-order valence-electron chi connectivity index (χ0n) is 17.5. The molecule has 1 atom stereocenters. The molecule has 9 heteroatoms. The highest BCUT2D eigenvalue weighted by Crippen LogP contribution is 2.27. The molecule has 166 valence electrons. The van der Waals surface area contributed by atoms with Crippen LogP contribution in [0.5, 0.6) is 0 Å². The molecule has 0 aliphatic carbocycles. The van der Waals surface area contributed by atoms with Crippen molar-refractivity contribution in [2.24, 2.45) is 0 Å². The van der Waals surface area contributed by atoms with E-state index < -0.39 is 16.1 Å². The van der Waals surface area contributed by atoms with Crippen molar-refractivity contribution in [3.05, 3.63) is 53.1 Å². The lowest BCUT2D eigenvalue weighted by atomic mass is 10.0. The average molecular weight is 464 g/mol. The molecule has 1 aliphatic rings. The monoisotopic (exact) mass is 463 g/mol. The summed E-state index contributed by atoms with van der Waals surface area (Å²) < 4.78 is 28.4. The lowest BCUT2D eigenvalue weighted by molar-refractivity contribution is -0.140. The van der Waals surface area contributed by atoms with Crippen LogP contribution in [0.25, 0.3) is 0 Å². The predicted molar refractivity (Wildman–Crippen MR) is 122 cm³/mol. The lowest BCUT2D eigenvalue weighted by Gasteiger charge is -2.34. The largest absolute Gasteiger partial charge is 0.331 e. The second-order valence-electron chi connectivity index (χ2n) is 7.51. The van der Waals surface area contributed by atoms with Crippen LogP contribution in [0.15, 0.2) is 47.4 Å². The number of likely N-dealkylation sites (tertiary alicyclic amines) is 1. The second-order valence-corrected chi connectivity index (χ2v) is 9.57. The maximum atomic E-state index is 13.0. The van der Waals surface area contributed by atoms with Crippen LogP contribution >= 0.6 is 11.6 Å². The van der Waals surface area contributed by atoms with Crippen molar-refractivity contribution in [2.45, 2.75) is 50.5 Å². The van der Waals surface area contributed by atoms with Gasteiger partial charge in [-0.15, -0.1) is 0 Å². The topological polar surface area (TPSA) is 95.6 Å². The predicted octanol–water partition coefficient (Wildman–Crippen LogP) is 4.18. The summed E-state index contributed by atoms with van der Waals surface area (Å²) in [7, 11) is -3.93. The molecule has 31 heavy (non-hydrogen) atoms. The number of aryl methyl sites for hydroxylation is 1. The number of nitrogens with zero attached hydrogens (tertiary/aromatic N) is 1. The van der Waals surface area contributed by atoms with E-state index in [0.717, 1.165) is 12.8 Å². The van der Waals surface area contributed by atoms with Crippen molar-refractivity contribution in [1.29, 1.82) is 0 Å². The van der Waals surface area contributed by atoms with E-state index in [1.54, 1.807) is 55.1 Å². The number of hydrogen-bond donors (Lipinski definition) is 2.